The van der Waals surface area contributed by atoms with Crippen molar-refractivity contribution in [2.45, 2.75) is 62.4 Å². The van der Waals surface area contributed by atoms with E-state index in [9.17, 15) is 18.5 Å². The molecule has 2 aliphatic rings. The third kappa shape index (κ3) is 4.23. The van der Waals surface area contributed by atoms with Gasteiger partial charge in [-0.1, -0.05) is 42.5 Å². The first-order valence-corrected chi connectivity index (χ1v) is 12.2. The molecule has 1 aliphatic carbocycles. The molecule has 31 heavy (non-hydrogen) atoms. The Hall–Kier alpha value is -2.69. The van der Waals surface area contributed by atoms with E-state index in [4.69, 9.17) is 0 Å². The summed E-state index contributed by atoms with van der Waals surface area (Å²) in [6.45, 7) is 2.22. The van der Waals surface area contributed by atoms with Crippen molar-refractivity contribution in [2.75, 3.05) is 0 Å². The zero-order chi connectivity index (χ0) is 22.1. The highest BCUT2D eigenvalue weighted by Crippen LogP contribution is 2.38. The van der Waals surface area contributed by atoms with E-state index in [1.807, 2.05) is 37.3 Å². The van der Waals surface area contributed by atoms with Gasteiger partial charge < -0.3 is 5.32 Å². The Morgan fingerprint density at radius 2 is 1.81 bits per heavy atom. The van der Waals surface area contributed by atoms with Crippen molar-refractivity contribution in [3.05, 3.63) is 71.3 Å². The van der Waals surface area contributed by atoms with Crippen molar-refractivity contribution < 1.29 is 13.2 Å². The summed E-state index contributed by atoms with van der Waals surface area (Å²) >= 11 is 0. The number of nitriles is 1. The topological polar surface area (TPSA) is 90.3 Å². The number of benzene rings is 2. The van der Waals surface area contributed by atoms with Gasteiger partial charge in [-0.05, 0) is 62.3 Å². The molecule has 1 aliphatic heterocycles. The summed E-state index contributed by atoms with van der Waals surface area (Å²) in [6.07, 6.45) is 3.72. The number of carbonyl (C=O) groups excluding carboxylic acids is 1. The molecule has 1 heterocycles. The van der Waals surface area contributed by atoms with Crippen LogP contribution in [0.1, 0.15) is 65.8 Å². The molecule has 0 radical (unpaired) electrons. The van der Waals surface area contributed by atoms with Crippen LogP contribution in [0.25, 0.3) is 0 Å². The van der Waals surface area contributed by atoms with Gasteiger partial charge in [0.2, 0.25) is 10.0 Å². The lowest BCUT2D eigenvalue weighted by Gasteiger charge is -2.37. The van der Waals surface area contributed by atoms with Gasteiger partial charge in [-0.15, -0.1) is 0 Å². The lowest BCUT2D eigenvalue weighted by Crippen LogP contribution is -2.52. The number of nitrogens with one attached hydrogen (secondary N) is 1. The number of amides is 1. The molecule has 2 fully saturated rings. The average Bonchev–Trinajstić information content (AvgIpc) is 2.74. The molecule has 7 heteroatoms. The molecule has 0 spiro atoms. The fraction of sp³-hybridized carbons (Fsp3) is 0.417. The third-order valence-electron chi connectivity index (χ3n) is 6.52. The van der Waals surface area contributed by atoms with Crippen molar-refractivity contribution in [2.24, 2.45) is 0 Å². The molecule has 2 atom stereocenters. The molecule has 1 saturated heterocycles. The maximum absolute atomic E-state index is 13.4. The number of hydrogen-bond donors (Lipinski definition) is 1. The Labute approximate surface area is 183 Å². The smallest absolute Gasteiger partial charge is 0.252 e. The molecule has 1 amide bonds. The summed E-state index contributed by atoms with van der Waals surface area (Å²) < 4.78 is 28.3. The van der Waals surface area contributed by atoms with Gasteiger partial charge in [0.25, 0.3) is 5.91 Å². The third-order valence-corrected chi connectivity index (χ3v) is 8.89. The summed E-state index contributed by atoms with van der Waals surface area (Å²) in [4.78, 5) is 12.5. The average molecular weight is 438 g/mol. The van der Waals surface area contributed by atoms with E-state index in [1.54, 1.807) is 28.6 Å². The first-order chi connectivity index (χ1) is 14.8. The highest BCUT2D eigenvalue weighted by atomic mass is 32.2. The van der Waals surface area contributed by atoms with E-state index < -0.39 is 20.8 Å². The molecule has 4 rings (SSSR count). The van der Waals surface area contributed by atoms with Crippen molar-refractivity contribution in [1.29, 1.82) is 5.26 Å². The van der Waals surface area contributed by atoms with Crippen LogP contribution in [0.4, 0.5) is 0 Å². The van der Waals surface area contributed by atoms with Gasteiger partial charge >= 0.3 is 0 Å². The van der Waals surface area contributed by atoms with E-state index in [2.05, 4.69) is 11.4 Å². The maximum Gasteiger partial charge on any atom is 0.252 e. The predicted octanol–water partition coefficient (Wildman–Crippen LogP) is 3.92. The van der Waals surface area contributed by atoms with Crippen molar-refractivity contribution in [3.63, 3.8) is 0 Å². The minimum atomic E-state index is -3.50. The summed E-state index contributed by atoms with van der Waals surface area (Å²) in [7, 11) is -3.50. The lowest BCUT2D eigenvalue weighted by atomic mass is 9.78. The van der Waals surface area contributed by atoms with Gasteiger partial charge in [-0.2, -0.15) is 9.57 Å². The van der Waals surface area contributed by atoms with Crippen LogP contribution in [0.3, 0.4) is 0 Å². The summed E-state index contributed by atoms with van der Waals surface area (Å²) in [5, 5.41) is 11.6. The summed E-state index contributed by atoms with van der Waals surface area (Å²) in [5.74, 6) is -0.268. The van der Waals surface area contributed by atoms with Crippen LogP contribution in [0.15, 0.2) is 54.6 Å². The van der Waals surface area contributed by atoms with Crippen LogP contribution in [-0.2, 0) is 16.6 Å². The Balaban J connectivity index is 1.49. The van der Waals surface area contributed by atoms with Gasteiger partial charge in [0, 0.05) is 18.2 Å². The second-order valence-corrected chi connectivity index (χ2v) is 10.7. The molecule has 6 nitrogen and oxygen atoms in total. The first-order valence-electron chi connectivity index (χ1n) is 10.7. The molecule has 2 aromatic rings. The normalized spacial score (nSPS) is 24.5. The highest BCUT2D eigenvalue weighted by molar-refractivity contribution is 7.89. The Morgan fingerprint density at radius 1 is 1.13 bits per heavy atom. The maximum atomic E-state index is 13.4. The number of carbonyl (C=O) groups is 1. The lowest BCUT2D eigenvalue weighted by molar-refractivity contribution is 0.0881. The minimum absolute atomic E-state index is 0.0814. The van der Waals surface area contributed by atoms with Gasteiger partial charge in [-0.3, -0.25) is 4.79 Å². The monoisotopic (exact) mass is 437 g/mol. The molecular formula is C24H27N3O3S. The number of rotatable bonds is 5. The fourth-order valence-corrected chi connectivity index (χ4v) is 6.58. The standard InChI is InChI=1S/C24H27N3O3S/c1-18-8-13-22(20-6-3-2-4-7-20)31(29,30)27(18)16-19-9-11-21(12-10-19)23(28)26-24(17-25)14-5-15-24/h2-4,6-7,9-12,18,22H,5,8,13-16H2,1H3,(H,26,28)/t18-,22?/m0/s1. The minimum Gasteiger partial charge on any atom is -0.334 e. The van der Waals surface area contributed by atoms with Gasteiger partial charge in [0.1, 0.15) is 10.8 Å². The van der Waals surface area contributed by atoms with E-state index >= 15 is 0 Å². The van der Waals surface area contributed by atoms with Crippen LogP contribution < -0.4 is 5.32 Å². The van der Waals surface area contributed by atoms with Crippen molar-refractivity contribution in [1.82, 2.24) is 9.62 Å². The van der Waals surface area contributed by atoms with Crippen LogP contribution in [0, 0.1) is 11.3 Å². The Kier molecular flexibility index (Phi) is 5.87. The fourth-order valence-electron chi connectivity index (χ4n) is 4.38. The SMILES string of the molecule is C[C@H]1CCC(c2ccccc2)S(=O)(=O)N1Cc1ccc(C(=O)NC2(C#N)CCC2)cc1. The molecule has 0 bridgehead atoms. The highest BCUT2D eigenvalue weighted by Gasteiger charge is 2.41. The van der Waals surface area contributed by atoms with E-state index in [0.29, 0.717) is 24.8 Å². The summed E-state index contributed by atoms with van der Waals surface area (Å²) in [6, 6.07) is 18.5. The van der Waals surface area contributed by atoms with Gasteiger partial charge in [-0.25, -0.2) is 8.42 Å². The second-order valence-electron chi connectivity index (χ2n) is 8.61. The molecule has 1 unspecified atom stereocenters. The quantitative estimate of drug-likeness (QED) is 0.768. The molecule has 2 aromatic carbocycles. The zero-order valence-corrected chi connectivity index (χ0v) is 18.4. The van der Waals surface area contributed by atoms with E-state index in [-0.39, 0.29) is 18.5 Å². The molecule has 1 saturated carbocycles. The van der Waals surface area contributed by atoms with Crippen molar-refractivity contribution >= 4 is 15.9 Å². The van der Waals surface area contributed by atoms with Gasteiger partial charge in [0.15, 0.2) is 0 Å². The van der Waals surface area contributed by atoms with Crippen molar-refractivity contribution in [3.8, 4) is 6.07 Å². The molecule has 0 aromatic heterocycles. The number of sulfonamides is 1. The van der Waals surface area contributed by atoms with Gasteiger partial charge in [0.05, 0.1) is 6.07 Å². The van der Waals surface area contributed by atoms with E-state index in [0.717, 1.165) is 24.0 Å². The Bertz CT molecular complexity index is 1090. The predicted molar refractivity (Wildman–Crippen MR) is 118 cm³/mol. The zero-order valence-electron chi connectivity index (χ0n) is 17.6. The Morgan fingerprint density at radius 3 is 2.39 bits per heavy atom. The second kappa shape index (κ2) is 8.45. The largest absolute Gasteiger partial charge is 0.334 e. The van der Waals surface area contributed by atoms with Crippen LogP contribution in [0.5, 0.6) is 0 Å². The van der Waals surface area contributed by atoms with Crippen LogP contribution in [-0.4, -0.2) is 30.2 Å². The number of hydrogen-bond acceptors (Lipinski definition) is 4. The van der Waals surface area contributed by atoms with E-state index in [1.165, 1.54) is 0 Å². The van der Waals surface area contributed by atoms with Crippen LogP contribution >= 0.6 is 0 Å². The molecular weight excluding hydrogens is 410 g/mol. The number of nitrogens with zero attached hydrogens (tertiary/aromatic N) is 2. The van der Waals surface area contributed by atoms with Crippen LogP contribution in [0.2, 0.25) is 0 Å². The molecule has 1 N–H and O–H groups in total. The first kappa shape index (κ1) is 21.5. The summed E-state index contributed by atoms with van der Waals surface area (Å²) in [5.41, 5.74) is 1.40. The molecule has 162 valence electrons.